The number of methoxy groups -OCH3 is 1. The normalized spacial score (nSPS) is 18.1. The summed E-state index contributed by atoms with van der Waals surface area (Å²) in [6.07, 6.45) is 2.48. The van der Waals surface area contributed by atoms with Crippen molar-refractivity contribution in [2.75, 3.05) is 13.7 Å². The van der Waals surface area contributed by atoms with Crippen molar-refractivity contribution < 1.29 is 14.1 Å². The maximum absolute atomic E-state index is 12.7. The summed E-state index contributed by atoms with van der Waals surface area (Å²) in [6.45, 7) is 3.07. The Bertz CT molecular complexity index is 654. The van der Waals surface area contributed by atoms with E-state index in [-0.39, 0.29) is 11.9 Å². The molecule has 22 heavy (non-hydrogen) atoms. The lowest BCUT2D eigenvalue weighted by molar-refractivity contribution is 0.0722. The van der Waals surface area contributed by atoms with Crippen LogP contribution in [0.3, 0.4) is 0 Å². The van der Waals surface area contributed by atoms with Crippen LogP contribution in [0.5, 0.6) is 0 Å². The molecule has 0 bridgehead atoms. The second-order valence-electron chi connectivity index (χ2n) is 5.12. The van der Waals surface area contributed by atoms with Crippen LogP contribution in [-0.4, -0.2) is 39.6 Å². The molecule has 1 atom stereocenters. The largest absolute Gasteiger partial charge is 0.378 e. The summed E-state index contributed by atoms with van der Waals surface area (Å²) in [5.74, 6) is 1.12. The smallest absolute Gasteiger partial charge is 0.273 e. The first-order valence-electron chi connectivity index (χ1n) is 7.29. The molecule has 118 valence electrons. The lowest BCUT2D eigenvalue weighted by Crippen LogP contribution is -2.31. The van der Waals surface area contributed by atoms with Crippen molar-refractivity contribution in [3.8, 4) is 0 Å². The van der Waals surface area contributed by atoms with Gasteiger partial charge in [0.15, 0.2) is 5.82 Å². The third-order valence-electron chi connectivity index (χ3n) is 3.64. The van der Waals surface area contributed by atoms with Crippen molar-refractivity contribution in [2.24, 2.45) is 0 Å². The lowest BCUT2D eigenvalue weighted by atomic mass is 10.2. The second-order valence-corrected chi connectivity index (χ2v) is 6.06. The fourth-order valence-corrected chi connectivity index (χ4v) is 3.31. The summed E-state index contributed by atoms with van der Waals surface area (Å²) in [5, 5.41) is 6.59. The van der Waals surface area contributed by atoms with E-state index in [1.165, 1.54) is 11.3 Å². The summed E-state index contributed by atoms with van der Waals surface area (Å²) in [5.41, 5.74) is 0.461. The highest BCUT2D eigenvalue weighted by Gasteiger charge is 2.34. The minimum Gasteiger partial charge on any atom is -0.378 e. The van der Waals surface area contributed by atoms with Gasteiger partial charge in [-0.1, -0.05) is 12.1 Å². The standard InChI is InChI=1S/C14H18N4O3S/c1-3-11-16-13(17-21-11)10-5-4-6-18(10)14(19)9-8-22-12(15-9)7-20-2/h8,10H,3-7H2,1-2H3/t10-/m0/s1. The summed E-state index contributed by atoms with van der Waals surface area (Å²) in [6, 6.07) is -0.121. The maximum atomic E-state index is 12.7. The predicted octanol–water partition coefficient (Wildman–Crippen LogP) is 2.21. The molecule has 0 N–H and O–H groups in total. The van der Waals surface area contributed by atoms with Crippen LogP contribution in [0.1, 0.15) is 53.0 Å². The molecule has 0 aromatic carbocycles. The molecule has 0 saturated carbocycles. The van der Waals surface area contributed by atoms with Gasteiger partial charge in [-0.25, -0.2) is 4.98 Å². The highest BCUT2D eigenvalue weighted by Crippen LogP contribution is 2.31. The number of thiazole rings is 1. The van der Waals surface area contributed by atoms with E-state index in [1.54, 1.807) is 17.4 Å². The van der Waals surface area contributed by atoms with Gasteiger partial charge in [-0.15, -0.1) is 11.3 Å². The monoisotopic (exact) mass is 322 g/mol. The minimum atomic E-state index is -0.121. The van der Waals surface area contributed by atoms with Gasteiger partial charge in [0.1, 0.15) is 10.7 Å². The van der Waals surface area contributed by atoms with Crippen molar-refractivity contribution in [3.05, 3.63) is 27.8 Å². The number of nitrogens with zero attached hydrogens (tertiary/aromatic N) is 4. The van der Waals surface area contributed by atoms with Crippen LogP contribution >= 0.6 is 11.3 Å². The molecule has 2 aromatic heterocycles. The van der Waals surface area contributed by atoms with E-state index in [4.69, 9.17) is 9.26 Å². The molecule has 1 aliphatic heterocycles. The maximum Gasteiger partial charge on any atom is 0.273 e. The van der Waals surface area contributed by atoms with Gasteiger partial charge < -0.3 is 14.2 Å². The molecule has 7 nitrogen and oxygen atoms in total. The number of hydrogen-bond acceptors (Lipinski definition) is 7. The fourth-order valence-electron chi connectivity index (χ4n) is 2.57. The Labute approximate surface area is 132 Å². The van der Waals surface area contributed by atoms with E-state index in [9.17, 15) is 4.79 Å². The molecule has 0 radical (unpaired) electrons. The first-order valence-corrected chi connectivity index (χ1v) is 8.17. The Balaban J connectivity index is 1.78. The van der Waals surface area contributed by atoms with E-state index in [2.05, 4.69) is 15.1 Å². The molecule has 0 unspecified atom stereocenters. The summed E-state index contributed by atoms with van der Waals surface area (Å²) in [7, 11) is 1.61. The van der Waals surface area contributed by atoms with Crippen molar-refractivity contribution in [2.45, 2.75) is 38.8 Å². The molecule has 1 aliphatic rings. The number of carbonyl (C=O) groups excluding carboxylic acids is 1. The predicted molar refractivity (Wildman–Crippen MR) is 79.5 cm³/mol. The number of aryl methyl sites for hydroxylation is 1. The Morgan fingerprint density at radius 1 is 1.55 bits per heavy atom. The Kier molecular flexibility index (Phi) is 4.49. The molecule has 1 amide bonds. The first kappa shape index (κ1) is 15.1. The number of carbonyl (C=O) groups is 1. The van der Waals surface area contributed by atoms with Crippen LogP contribution in [0.2, 0.25) is 0 Å². The number of likely N-dealkylation sites (tertiary alicyclic amines) is 1. The molecular formula is C14H18N4O3S. The summed E-state index contributed by atoms with van der Waals surface area (Å²) < 4.78 is 10.2. The Morgan fingerprint density at radius 2 is 2.41 bits per heavy atom. The van der Waals surface area contributed by atoms with E-state index in [0.29, 0.717) is 37.0 Å². The van der Waals surface area contributed by atoms with Crippen LogP contribution in [-0.2, 0) is 17.8 Å². The Hall–Kier alpha value is -1.80. The molecule has 2 aromatic rings. The highest BCUT2D eigenvalue weighted by atomic mass is 32.1. The average Bonchev–Trinajstić information content (AvgIpc) is 3.26. The van der Waals surface area contributed by atoms with Gasteiger partial charge in [0.2, 0.25) is 5.89 Å². The van der Waals surface area contributed by atoms with Gasteiger partial charge >= 0.3 is 0 Å². The SMILES string of the molecule is CCc1nc([C@@H]2CCCN2C(=O)c2csc(COC)n2)no1. The van der Waals surface area contributed by atoms with Crippen molar-refractivity contribution >= 4 is 17.2 Å². The van der Waals surface area contributed by atoms with Crippen molar-refractivity contribution in [3.63, 3.8) is 0 Å². The zero-order valence-corrected chi connectivity index (χ0v) is 13.4. The van der Waals surface area contributed by atoms with Crippen LogP contribution in [0, 0.1) is 0 Å². The van der Waals surface area contributed by atoms with Crippen LogP contribution < -0.4 is 0 Å². The Morgan fingerprint density at radius 3 is 3.14 bits per heavy atom. The van der Waals surface area contributed by atoms with Crippen LogP contribution in [0.15, 0.2) is 9.90 Å². The summed E-state index contributed by atoms with van der Waals surface area (Å²) in [4.78, 5) is 23.1. The molecule has 0 spiro atoms. The van der Waals surface area contributed by atoms with E-state index in [0.717, 1.165) is 17.8 Å². The van der Waals surface area contributed by atoms with Gasteiger partial charge in [-0.2, -0.15) is 4.98 Å². The number of aromatic nitrogens is 3. The van der Waals surface area contributed by atoms with Gasteiger partial charge in [0, 0.05) is 25.5 Å². The quantitative estimate of drug-likeness (QED) is 0.839. The second kappa shape index (κ2) is 6.53. The van der Waals surface area contributed by atoms with Crippen LogP contribution in [0.4, 0.5) is 0 Å². The topological polar surface area (TPSA) is 81.4 Å². The highest BCUT2D eigenvalue weighted by molar-refractivity contribution is 7.09. The first-order chi connectivity index (χ1) is 10.7. The lowest BCUT2D eigenvalue weighted by Gasteiger charge is -2.21. The van der Waals surface area contributed by atoms with Crippen molar-refractivity contribution in [1.29, 1.82) is 0 Å². The van der Waals surface area contributed by atoms with E-state index in [1.807, 2.05) is 6.92 Å². The molecular weight excluding hydrogens is 304 g/mol. The van der Waals surface area contributed by atoms with Gasteiger partial charge in [-0.05, 0) is 12.8 Å². The summed E-state index contributed by atoms with van der Waals surface area (Å²) >= 11 is 1.43. The van der Waals surface area contributed by atoms with Crippen molar-refractivity contribution in [1.82, 2.24) is 20.0 Å². The van der Waals surface area contributed by atoms with E-state index >= 15 is 0 Å². The molecule has 1 saturated heterocycles. The molecule has 3 rings (SSSR count). The fraction of sp³-hybridized carbons (Fsp3) is 0.571. The number of hydrogen-bond donors (Lipinski definition) is 0. The molecule has 3 heterocycles. The van der Waals surface area contributed by atoms with Gasteiger partial charge in [0.05, 0.1) is 12.6 Å². The third-order valence-corrected chi connectivity index (χ3v) is 4.46. The molecule has 1 fully saturated rings. The third kappa shape index (κ3) is 2.89. The molecule has 0 aliphatic carbocycles. The average molecular weight is 322 g/mol. The van der Waals surface area contributed by atoms with Gasteiger partial charge in [-0.3, -0.25) is 4.79 Å². The van der Waals surface area contributed by atoms with E-state index < -0.39 is 0 Å². The number of ether oxygens (including phenoxy) is 1. The van der Waals surface area contributed by atoms with Crippen LogP contribution in [0.25, 0.3) is 0 Å². The number of amides is 1. The zero-order chi connectivity index (χ0) is 15.5. The molecule has 8 heteroatoms. The zero-order valence-electron chi connectivity index (χ0n) is 12.6. The number of rotatable bonds is 5. The minimum absolute atomic E-state index is 0.0797. The van der Waals surface area contributed by atoms with Gasteiger partial charge in [0.25, 0.3) is 5.91 Å².